The van der Waals surface area contributed by atoms with Gasteiger partial charge in [-0.2, -0.15) is 0 Å². The van der Waals surface area contributed by atoms with Crippen LogP contribution in [0.4, 0.5) is 0 Å². The SMILES string of the molecule is CCC(=CCNCC1(CO)CCCC1)C(=O)O. The quantitative estimate of drug-likeness (QED) is 0.467. The number of aliphatic carboxylic acids is 1. The monoisotopic (exact) mass is 241 g/mol. The first-order chi connectivity index (χ1) is 8.13. The Balaban J connectivity index is 2.34. The van der Waals surface area contributed by atoms with Crippen molar-refractivity contribution in [3.05, 3.63) is 11.6 Å². The van der Waals surface area contributed by atoms with Crippen LogP contribution in [0, 0.1) is 5.41 Å². The second-order valence-electron chi connectivity index (χ2n) is 4.88. The molecule has 3 N–H and O–H groups in total. The molecule has 17 heavy (non-hydrogen) atoms. The Bertz CT molecular complexity index is 280. The maximum absolute atomic E-state index is 10.8. The second kappa shape index (κ2) is 6.77. The third-order valence-electron chi connectivity index (χ3n) is 3.65. The number of hydrogen-bond acceptors (Lipinski definition) is 3. The van der Waals surface area contributed by atoms with Crippen LogP contribution in [0.15, 0.2) is 11.6 Å². The summed E-state index contributed by atoms with van der Waals surface area (Å²) in [6.45, 7) is 3.41. The van der Waals surface area contributed by atoms with Gasteiger partial charge in [0.2, 0.25) is 0 Å². The maximum Gasteiger partial charge on any atom is 0.331 e. The van der Waals surface area contributed by atoms with E-state index in [1.807, 2.05) is 6.92 Å². The Morgan fingerprint density at radius 1 is 1.41 bits per heavy atom. The van der Waals surface area contributed by atoms with Gasteiger partial charge in [-0.3, -0.25) is 0 Å². The number of hydrogen-bond donors (Lipinski definition) is 3. The summed E-state index contributed by atoms with van der Waals surface area (Å²) < 4.78 is 0. The topological polar surface area (TPSA) is 69.6 Å². The van der Waals surface area contributed by atoms with Gasteiger partial charge in [0.1, 0.15) is 0 Å². The van der Waals surface area contributed by atoms with E-state index in [0.29, 0.717) is 18.5 Å². The predicted octanol–water partition coefficient (Wildman–Crippen LogP) is 1.55. The molecule has 0 aliphatic heterocycles. The summed E-state index contributed by atoms with van der Waals surface area (Å²) in [5, 5.41) is 21.5. The summed E-state index contributed by atoms with van der Waals surface area (Å²) in [7, 11) is 0. The molecule has 0 aromatic rings. The lowest BCUT2D eigenvalue weighted by Gasteiger charge is -2.26. The molecule has 1 aliphatic carbocycles. The summed E-state index contributed by atoms with van der Waals surface area (Å²) in [5.41, 5.74) is 0.477. The molecule has 4 nitrogen and oxygen atoms in total. The lowest BCUT2D eigenvalue weighted by atomic mass is 9.87. The minimum absolute atomic E-state index is 0.0312. The summed E-state index contributed by atoms with van der Waals surface area (Å²) in [4.78, 5) is 10.8. The predicted molar refractivity (Wildman–Crippen MR) is 66.9 cm³/mol. The summed E-state index contributed by atoms with van der Waals surface area (Å²) >= 11 is 0. The normalized spacial score (nSPS) is 19.5. The number of aliphatic hydroxyl groups is 1. The van der Waals surface area contributed by atoms with Gasteiger partial charge in [-0.15, -0.1) is 0 Å². The fraction of sp³-hybridized carbons (Fsp3) is 0.769. The number of nitrogens with one attached hydrogen (secondary N) is 1. The largest absolute Gasteiger partial charge is 0.478 e. The molecule has 0 spiro atoms. The zero-order valence-electron chi connectivity index (χ0n) is 10.5. The van der Waals surface area contributed by atoms with E-state index in [0.717, 1.165) is 19.4 Å². The van der Waals surface area contributed by atoms with Crippen LogP contribution < -0.4 is 5.32 Å². The van der Waals surface area contributed by atoms with E-state index in [2.05, 4.69) is 5.32 Å². The molecule has 0 heterocycles. The lowest BCUT2D eigenvalue weighted by Crippen LogP contribution is -2.35. The number of carboxylic acid groups (broad SMARTS) is 1. The zero-order valence-corrected chi connectivity index (χ0v) is 10.5. The van der Waals surface area contributed by atoms with Gasteiger partial charge in [0, 0.05) is 30.7 Å². The van der Waals surface area contributed by atoms with Crippen molar-refractivity contribution in [1.82, 2.24) is 5.32 Å². The van der Waals surface area contributed by atoms with E-state index in [-0.39, 0.29) is 12.0 Å². The Kier molecular flexibility index (Phi) is 5.65. The van der Waals surface area contributed by atoms with Crippen LogP contribution in [-0.4, -0.2) is 35.9 Å². The molecule has 0 aromatic heterocycles. The molecule has 0 atom stereocenters. The van der Waals surface area contributed by atoms with E-state index < -0.39 is 5.97 Å². The zero-order chi connectivity index (χ0) is 12.7. The van der Waals surface area contributed by atoms with E-state index >= 15 is 0 Å². The van der Waals surface area contributed by atoms with Crippen molar-refractivity contribution >= 4 is 5.97 Å². The first-order valence-corrected chi connectivity index (χ1v) is 6.37. The van der Waals surface area contributed by atoms with Gasteiger partial charge in [-0.25, -0.2) is 4.79 Å². The van der Waals surface area contributed by atoms with Crippen molar-refractivity contribution in [2.75, 3.05) is 19.7 Å². The van der Waals surface area contributed by atoms with Crippen LogP contribution in [0.5, 0.6) is 0 Å². The average Bonchev–Trinajstić information content (AvgIpc) is 2.78. The molecule has 98 valence electrons. The van der Waals surface area contributed by atoms with Crippen molar-refractivity contribution in [3.63, 3.8) is 0 Å². The van der Waals surface area contributed by atoms with Crippen molar-refractivity contribution in [2.45, 2.75) is 39.0 Å². The van der Waals surface area contributed by atoms with Gasteiger partial charge in [-0.05, 0) is 19.3 Å². The summed E-state index contributed by atoms with van der Waals surface area (Å²) in [5.74, 6) is -0.841. The minimum Gasteiger partial charge on any atom is -0.478 e. The Morgan fingerprint density at radius 3 is 2.53 bits per heavy atom. The van der Waals surface area contributed by atoms with Crippen molar-refractivity contribution in [3.8, 4) is 0 Å². The van der Waals surface area contributed by atoms with Crippen molar-refractivity contribution in [1.29, 1.82) is 0 Å². The molecule has 1 rings (SSSR count). The molecule has 0 saturated heterocycles. The molecule has 1 aliphatic rings. The third kappa shape index (κ3) is 4.13. The molecule has 1 fully saturated rings. The summed E-state index contributed by atoms with van der Waals surface area (Å²) in [6.07, 6.45) is 6.78. The van der Waals surface area contributed by atoms with Crippen LogP contribution in [-0.2, 0) is 4.79 Å². The number of carboxylic acids is 1. The molecular weight excluding hydrogens is 218 g/mol. The van der Waals surface area contributed by atoms with Gasteiger partial charge in [-0.1, -0.05) is 25.8 Å². The van der Waals surface area contributed by atoms with Crippen LogP contribution in [0.25, 0.3) is 0 Å². The van der Waals surface area contributed by atoms with Gasteiger partial charge in [0.25, 0.3) is 0 Å². The highest BCUT2D eigenvalue weighted by Gasteiger charge is 2.32. The molecule has 0 aromatic carbocycles. The van der Waals surface area contributed by atoms with E-state index in [9.17, 15) is 9.90 Å². The van der Waals surface area contributed by atoms with Gasteiger partial charge in [0.15, 0.2) is 0 Å². The minimum atomic E-state index is -0.841. The standard InChI is InChI=1S/C13H23NO3/c1-2-11(12(16)17)5-8-14-9-13(10-15)6-3-4-7-13/h5,14-15H,2-4,6-10H2,1H3,(H,16,17). The number of carbonyl (C=O) groups is 1. The van der Waals surface area contributed by atoms with E-state index in [4.69, 9.17) is 5.11 Å². The molecule has 0 unspecified atom stereocenters. The fourth-order valence-electron chi connectivity index (χ4n) is 2.43. The Morgan fingerprint density at radius 2 is 2.06 bits per heavy atom. The lowest BCUT2D eigenvalue weighted by molar-refractivity contribution is -0.132. The maximum atomic E-state index is 10.8. The third-order valence-corrected chi connectivity index (χ3v) is 3.65. The fourth-order valence-corrected chi connectivity index (χ4v) is 2.43. The van der Waals surface area contributed by atoms with Gasteiger partial charge >= 0.3 is 5.97 Å². The highest BCUT2D eigenvalue weighted by atomic mass is 16.4. The van der Waals surface area contributed by atoms with Crippen molar-refractivity contribution in [2.24, 2.45) is 5.41 Å². The van der Waals surface area contributed by atoms with Crippen molar-refractivity contribution < 1.29 is 15.0 Å². The molecular formula is C13H23NO3. The van der Waals surface area contributed by atoms with Crippen LogP contribution in [0.1, 0.15) is 39.0 Å². The molecule has 0 bridgehead atoms. The van der Waals surface area contributed by atoms with Crippen LogP contribution >= 0.6 is 0 Å². The number of rotatable bonds is 7. The highest BCUT2D eigenvalue weighted by Crippen LogP contribution is 2.36. The van der Waals surface area contributed by atoms with E-state index in [1.54, 1.807) is 6.08 Å². The highest BCUT2D eigenvalue weighted by molar-refractivity contribution is 5.86. The molecule has 0 radical (unpaired) electrons. The van der Waals surface area contributed by atoms with Crippen LogP contribution in [0.2, 0.25) is 0 Å². The van der Waals surface area contributed by atoms with Gasteiger partial charge < -0.3 is 15.5 Å². The first-order valence-electron chi connectivity index (χ1n) is 6.37. The summed E-state index contributed by atoms with van der Waals surface area (Å²) in [6, 6.07) is 0. The number of aliphatic hydroxyl groups excluding tert-OH is 1. The first kappa shape index (κ1) is 14.2. The van der Waals surface area contributed by atoms with E-state index in [1.165, 1.54) is 12.8 Å². The smallest absolute Gasteiger partial charge is 0.331 e. The molecule has 0 amide bonds. The van der Waals surface area contributed by atoms with Crippen LogP contribution in [0.3, 0.4) is 0 Å². The Labute approximate surface area is 103 Å². The molecule has 1 saturated carbocycles. The second-order valence-corrected chi connectivity index (χ2v) is 4.88. The average molecular weight is 241 g/mol. The Hall–Kier alpha value is -0.870. The van der Waals surface area contributed by atoms with Gasteiger partial charge in [0.05, 0.1) is 0 Å². The molecule has 4 heteroatoms.